The van der Waals surface area contributed by atoms with E-state index in [1.807, 2.05) is 29.7 Å². The molecule has 0 fully saturated rings. The summed E-state index contributed by atoms with van der Waals surface area (Å²) < 4.78 is 4.94. The summed E-state index contributed by atoms with van der Waals surface area (Å²) in [5.41, 5.74) is 10.5. The van der Waals surface area contributed by atoms with Gasteiger partial charge in [-0.15, -0.1) is 11.3 Å². The number of para-hydroxylation sites is 2. The first-order valence-corrected chi connectivity index (χ1v) is 19.4. The van der Waals surface area contributed by atoms with Crippen molar-refractivity contribution in [3.05, 3.63) is 188 Å². The predicted molar refractivity (Wildman–Crippen MR) is 232 cm³/mol. The third kappa shape index (κ3) is 5.38. The molecule has 0 aliphatic carbocycles. The molecule has 0 aliphatic heterocycles. The Morgan fingerprint density at radius 1 is 0.393 bits per heavy atom. The first-order chi connectivity index (χ1) is 27.8. The Morgan fingerprint density at radius 2 is 1.00 bits per heavy atom. The minimum atomic E-state index is 0.567. The summed E-state index contributed by atoms with van der Waals surface area (Å²) in [5.74, 6) is 1.75. The largest absolute Gasteiger partial charge is 0.308 e. The zero-order valence-corrected chi connectivity index (χ0v) is 30.9. The number of pyridine rings is 1. The molecular weight excluding hydrogens is 703 g/mol. The van der Waals surface area contributed by atoms with E-state index in [-0.39, 0.29) is 0 Å². The molecule has 0 aliphatic rings. The molecule has 0 spiro atoms. The molecule has 7 aromatic carbocycles. The molecule has 56 heavy (non-hydrogen) atoms. The molecule has 5 nitrogen and oxygen atoms in total. The SMILES string of the molecule is c1ccc(-c2ccc(-c3nc(-c4ccc(-c5cccc6c5sc5ccccc56)cc4)nc(-c4cccnc4)n3)c(-n3c4ccccc4c4ccccc43)c2)cc1. The smallest absolute Gasteiger partial charge is 0.166 e. The van der Waals surface area contributed by atoms with E-state index in [4.69, 9.17) is 15.0 Å². The van der Waals surface area contributed by atoms with Crippen molar-refractivity contribution in [2.45, 2.75) is 0 Å². The lowest BCUT2D eigenvalue weighted by atomic mass is 10.0. The molecule has 0 radical (unpaired) electrons. The van der Waals surface area contributed by atoms with Gasteiger partial charge < -0.3 is 4.57 Å². The lowest BCUT2D eigenvalue weighted by Crippen LogP contribution is -2.04. The zero-order valence-electron chi connectivity index (χ0n) is 30.0. The van der Waals surface area contributed by atoms with Crippen LogP contribution in [0.25, 0.3) is 104 Å². The molecular formula is C50H31N5S. The third-order valence-corrected chi connectivity index (χ3v) is 11.8. The van der Waals surface area contributed by atoms with Gasteiger partial charge in [0, 0.05) is 60.0 Å². The summed E-state index contributed by atoms with van der Waals surface area (Å²) >= 11 is 1.84. The van der Waals surface area contributed by atoms with Gasteiger partial charge in [0.2, 0.25) is 0 Å². The second-order valence-electron chi connectivity index (χ2n) is 13.9. The molecule has 6 heteroatoms. The van der Waals surface area contributed by atoms with Crippen molar-refractivity contribution in [3.63, 3.8) is 0 Å². The van der Waals surface area contributed by atoms with Gasteiger partial charge in [-0.25, -0.2) is 15.0 Å². The average molecular weight is 734 g/mol. The summed E-state index contributed by atoms with van der Waals surface area (Å²) in [4.78, 5) is 19.9. The van der Waals surface area contributed by atoms with Gasteiger partial charge in [-0.3, -0.25) is 4.98 Å². The van der Waals surface area contributed by atoms with E-state index in [1.165, 1.54) is 36.5 Å². The van der Waals surface area contributed by atoms with E-state index in [2.05, 4.69) is 173 Å². The van der Waals surface area contributed by atoms with Gasteiger partial charge in [0.05, 0.1) is 16.7 Å². The van der Waals surface area contributed by atoms with Gasteiger partial charge in [0.15, 0.2) is 17.5 Å². The van der Waals surface area contributed by atoms with Crippen molar-refractivity contribution in [2.24, 2.45) is 0 Å². The van der Waals surface area contributed by atoms with Gasteiger partial charge >= 0.3 is 0 Å². The van der Waals surface area contributed by atoms with Crippen molar-refractivity contribution in [2.75, 3.05) is 0 Å². The van der Waals surface area contributed by atoms with Crippen LogP contribution in [-0.2, 0) is 0 Å². The van der Waals surface area contributed by atoms with E-state index >= 15 is 0 Å². The standard InChI is InChI=1S/C50H31N5S/c1-2-12-32(13-3-1)35-27-28-42(45(30-35)55-43-20-7-4-15-38(43)39-16-5-8-21-44(39)55)50-53-48(52-49(54-50)36-14-11-29-51-31-36)34-25-23-33(24-26-34)37-18-10-19-41-40-17-6-9-22-46(40)56-47(37)41/h1-31H. The Labute approximate surface area is 326 Å². The van der Waals surface area contributed by atoms with Gasteiger partial charge in [-0.2, -0.15) is 0 Å². The summed E-state index contributed by atoms with van der Waals surface area (Å²) in [6.45, 7) is 0. The molecule has 0 saturated heterocycles. The molecule has 0 N–H and O–H groups in total. The Morgan fingerprint density at radius 3 is 1.75 bits per heavy atom. The van der Waals surface area contributed by atoms with Crippen LogP contribution in [0.4, 0.5) is 0 Å². The van der Waals surface area contributed by atoms with Crippen LogP contribution in [0.3, 0.4) is 0 Å². The average Bonchev–Trinajstić information content (AvgIpc) is 3.83. The van der Waals surface area contributed by atoms with Crippen molar-refractivity contribution in [1.82, 2.24) is 24.5 Å². The number of benzene rings is 7. The van der Waals surface area contributed by atoms with Crippen LogP contribution >= 0.6 is 11.3 Å². The molecule has 262 valence electrons. The molecule has 11 aromatic rings. The fourth-order valence-electron chi connectivity index (χ4n) is 7.92. The molecule has 0 amide bonds. The third-order valence-electron chi connectivity index (χ3n) is 10.6. The Kier molecular flexibility index (Phi) is 7.60. The molecule has 0 atom stereocenters. The van der Waals surface area contributed by atoms with Gasteiger partial charge in [-0.05, 0) is 64.7 Å². The number of aromatic nitrogens is 5. The quantitative estimate of drug-likeness (QED) is 0.171. The fourth-order valence-corrected chi connectivity index (χ4v) is 9.16. The zero-order chi connectivity index (χ0) is 37.0. The van der Waals surface area contributed by atoms with Gasteiger partial charge in [-0.1, -0.05) is 133 Å². The highest BCUT2D eigenvalue weighted by Crippen LogP contribution is 2.41. The highest BCUT2D eigenvalue weighted by molar-refractivity contribution is 7.26. The van der Waals surface area contributed by atoms with Crippen LogP contribution < -0.4 is 0 Å². The van der Waals surface area contributed by atoms with Crippen molar-refractivity contribution in [3.8, 4) is 62.1 Å². The molecule has 0 saturated carbocycles. The highest BCUT2D eigenvalue weighted by Gasteiger charge is 2.20. The van der Waals surface area contributed by atoms with E-state index < -0.39 is 0 Å². The summed E-state index contributed by atoms with van der Waals surface area (Å²) in [6, 6.07) is 62.0. The second kappa shape index (κ2) is 13.2. The Balaban J connectivity index is 1.11. The maximum atomic E-state index is 5.26. The van der Waals surface area contributed by atoms with E-state index in [0.29, 0.717) is 17.5 Å². The number of rotatable bonds is 6. The fraction of sp³-hybridized carbons (Fsp3) is 0. The van der Waals surface area contributed by atoms with Crippen LogP contribution in [0.5, 0.6) is 0 Å². The van der Waals surface area contributed by atoms with E-state index in [1.54, 1.807) is 6.20 Å². The van der Waals surface area contributed by atoms with Crippen LogP contribution in [0.2, 0.25) is 0 Å². The van der Waals surface area contributed by atoms with Gasteiger partial charge in [0.25, 0.3) is 0 Å². The van der Waals surface area contributed by atoms with Crippen LogP contribution in [0.1, 0.15) is 0 Å². The first kappa shape index (κ1) is 32.2. The minimum absolute atomic E-state index is 0.567. The number of hydrogen-bond acceptors (Lipinski definition) is 5. The van der Waals surface area contributed by atoms with Crippen LogP contribution in [-0.4, -0.2) is 24.5 Å². The minimum Gasteiger partial charge on any atom is -0.308 e. The Hall–Kier alpha value is -7.28. The van der Waals surface area contributed by atoms with Gasteiger partial charge in [0.1, 0.15) is 0 Å². The molecule has 11 rings (SSSR count). The second-order valence-corrected chi connectivity index (χ2v) is 14.9. The Bertz CT molecular complexity index is 3190. The molecule has 4 heterocycles. The van der Waals surface area contributed by atoms with E-state index in [0.717, 1.165) is 50.1 Å². The lowest BCUT2D eigenvalue weighted by molar-refractivity contribution is 1.06. The van der Waals surface area contributed by atoms with E-state index in [9.17, 15) is 0 Å². The summed E-state index contributed by atoms with van der Waals surface area (Å²) in [5, 5.41) is 4.97. The molecule has 4 aromatic heterocycles. The molecule has 0 bridgehead atoms. The summed E-state index contributed by atoms with van der Waals surface area (Å²) in [7, 11) is 0. The summed E-state index contributed by atoms with van der Waals surface area (Å²) in [6.07, 6.45) is 3.58. The maximum absolute atomic E-state index is 5.26. The number of fused-ring (bicyclic) bond motifs is 6. The highest BCUT2D eigenvalue weighted by atomic mass is 32.1. The van der Waals surface area contributed by atoms with Crippen molar-refractivity contribution in [1.29, 1.82) is 0 Å². The normalized spacial score (nSPS) is 11.6. The number of hydrogen-bond donors (Lipinski definition) is 0. The van der Waals surface area contributed by atoms with Crippen molar-refractivity contribution >= 4 is 53.3 Å². The monoisotopic (exact) mass is 733 g/mol. The topological polar surface area (TPSA) is 56.5 Å². The lowest BCUT2D eigenvalue weighted by Gasteiger charge is -2.16. The number of thiophene rings is 1. The number of nitrogens with zero attached hydrogens (tertiary/aromatic N) is 5. The predicted octanol–water partition coefficient (Wildman–Crippen LogP) is 13.1. The van der Waals surface area contributed by atoms with Crippen LogP contribution in [0, 0.1) is 0 Å². The maximum Gasteiger partial charge on any atom is 0.166 e. The van der Waals surface area contributed by atoms with Crippen molar-refractivity contribution < 1.29 is 0 Å². The molecule has 0 unspecified atom stereocenters. The first-order valence-electron chi connectivity index (χ1n) is 18.6. The van der Waals surface area contributed by atoms with Crippen LogP contribution in [0.15, 0.2) is 188 Å².